The van der Waals surface area contributed by atoms with Crippen molar-refractivity contribution in [1.82, 2.24) is 0 Å². The second-order valence-electron chi connectivity index (χ2n) is 4.97. The lowest BCUT2D eigenvalue weighted by molar-refractivity contribution is -0.167. The van der Waals surface area contributed by atoms with Crippen molar-refractivity contribution in [3.8, 4) is 6.07 Å². The molecule has 0 saturated carbocycles. The Labute approximate surface area is 141 Å². The maximum atomic E-state index is 12.2. The van der Waals surface area contributed by atoms with Crippen molar-refractivity contribution in [2.45, 2.75) is 6.18 Å². The average molecular weight is 344 g/mol. The van der Waals surface area contributed by atoms with Crippen LogP contribution in [0, 0.1) is 11.3 Å². The Hall–Kier alpha value is -3.40. The van der Waals surface area contributed by atoms with Crippen LogP contribution in [0.1, 0.15) is 21.5 Å². The van der Waals surface area contributed by atoms with Gasteiger partial charge in [0.25, 0.3) is 0 Å². The third-order valence-corrected chi connectivity index (χ3v) is 3.11. The van der Waals surface area contributed by atoms with Gasteiger partial charge in [-0.15, -0.1) is 0 Å². The van der Waals surface area contributed by atoms with Crippen molar-refractivity contribution >= 4 is 23.5 Å². The lowest BCUT2D eigenvalue weighted by Crippen LogP contribution is -2.29. The number of rotatable bonds is 4. The predicted octanol–water partition coefficient (Wildman–Crippen LogP) is 3.96. The normalized spacial score (nSPS) is 11.1. The number of nitrogens with one attached hydrogen (secondary N) is 1. The van der Waals surface area contributed by atoms with E-state index in [1.807, 2.05) is 6.07 Å². The number of alkyl halides is 3. The first kappa shape index (κ1) is 17.9. The highest BCUT2D eigenvalue weighted by molar-refractivity contribution is 6.07. The number of hydrogen-bond donors (Lipinski definition) is 1. The zero-order valence-electron chi connectivity index (χ0n) is 12.7. The van der Waals surface area contributed by atoms with Gasteiger partial charge in [-0.1, -0.05) is 30.3 Å². The number of hydrogen-bond acceptors (Lipinski definition) is 3. The summed E-state index contributed by atoms with van der Waals surface area (Å²) in [5.41, 5.74) is 1.06. The van der Waals surface area contributed by atoms with E-state index >= 15 is 0 Å². The molecule has 2 rings (SSSR count). The van der Waals surface area contributed by atoms with E-state index in [2.05, 4.69) is 0 Å². The summed E-state index contributed by atoms with van der Waals surface area (Å²) in [4.78, 5) is 23.0. The molecule has 2 aromatic carbocycles. The molecular formula is C18H11F3N2O2. The number of carbonyl (C=O) groups excluding carboxylic acids is 2. The van der Waals surface area contributed by atoms with Gasteiger partial charge in [0.15, 0.2) is 5.78 Å². The summed E-state index contributed by atoms with van der Waals surface area (Å²) in [6.45, 7) is 0. The molecule has 0 aliphatic carbocycles. The molecular weight excluding hydrogens is 333 g/mol. The van der Waals surface area contributed by atoms with Gasteiger partial charge in [-0.3, -0.25) is 9.59 Å². The van der Waals surface area contributed by atoms with Crippen LogP contribution in [-0.4, -0.2) is 17.9 Å². The largest absolute Gasteiger partial charge is 0.471 e. The fourth-order valence-electron chi connectivity index (χ4n) is 1.93. The van der Waals surface area contributed by atoms with Crippen LogP contribution in [0.4, 0.5) is 18.9 Å². The van der Waals surface area contributed by atoms with Gasteiger partial charge in [-0.2, -0.15) is 18.4 Å². The van der Waals surface area contributed by atoms with Crippen molar-refractivity contribution in [1.29, 1.82) is 5.26 Å². The van der Waals surface area contributed by atoms with Crippen molar-refractivity contribution in [3.05, 3.63) is 71.3 Å². The van der Waals surface area contributed by atoms with E-state index in [9.17, 15) is 22.8 Å². The molecule has 1 amide bonds. The van der Waals surface area contributed by atoms with Gasteiger partial charge >= 0.3 is 12.1 Å². The van der Waals surface area contributed by atoms with Gasteiger partial charge < -0.3 is 5.32 Å². The van der Waals surface area contributed by atoms with Crippen LogP contribution in [-0.2, 0) is 4.79 Å². The van der Waals surface area contributed by atoms with Gasteiger partial charge in [0.2, 0.25) is 0 Å². The molecule has 0 unspecified atom stereocenters. The molecule has 2 aromatic rings. The second-order valence-corrected chi connectivity index (χ2v) is 4.97. The number of nitriles is 1. The number of anilines is 1. The van der Waals surface area contributed by atoms with Crippen LogP contribution in [0.25, 0.3) is 6.08 Å². The standard InChI is InChI=1S/C18H11F3N2O2/c19-18(20,21)17(25)23-15-6-2-3-12(10-15)7-8-16(24)14-5-1-4-13(9-14)11-22/h1-10H,(H,23,25)/b8-7+. The Balaban J connectivity index is 2.13. The predicted molar refractivity (Wildman–Crippen MR) is 85.6 cm³/mol. The van der Waals surface area contributed by atoms with Crippen LogP contribution >= 0.6 is 0 Å². The number of ketones is 1. The molecule has 0 atom stereocenters. The van der Waals surface area contributed by atoms with E-state index in [0.29, 0.717) is 16.7 Å². The molecule has 0 aromatic heterocycles. The summed E-state index contributed by atoms with van der Waals surface area (Å²) in [7, 11) is 0. The smallest absolute Gasteiger partial charge is 0.318 e. The first-order valence-corrected chi connectivity index (χ1v) is 7.00. The Kier molecular flexibility index (Phi) is 5.35. The second kappa shape index (κ2) is 7.45. The first-order valence-electron chi connectivity index (χ1n) is 7.00. The van der Waals surface area contributed by atoms with Gasteiger partial charge in [0.05, 0.1) is 11.6 Å². The van der Waals surface area contributed by atoms with E-state index in [-0.39, 0.29) is 11.5 Å². The quantitative estimate of drug-likeness (QED) is 0.674. The number of allylic oxidation sites excluding steroid dienone is 1. The van der Waals surface area contributed by atoms with E-state index in [0.717, 1.165) is 0 Å². The van der Waals surface area contributed by atoms with Gasteiger partial charge in [0, 0.05) is 11.3 Å². The minimum Gasteiger partial charge on any atom is -0.318 e. The van der Waals surface area contributed by atoms with E-state index in [1.54, 1.807) is 29.6 Å². The van der Waals surface area contributed by atoms with Crippen LogP contribution in [0.3, 0.4) is 0 Å². The molecule has 0 aliphatic rings. The summed E-state index contributed by atoms with van der Waals surface area (Å²) in [5, 5.41) is 10.6. The Bertz CT molecular complexity index is 880. The lowest BCUT2D eigenvalue weighted by atomic mass is 10.1. The molecule has 25 heavy (non-hydrogen) atoms. The van der Waals surface area contributed by atoms with Crippen LogP contribution in [0.2, 0.25) is 0 Å². The number of amides is 1. The summed E-state index contributed by atoms with van der Waals surface area (Å²) >= 11 is 0. The summed E-state index contributed by atoms with van der Waals surface area (Å²) in [6, 6.07) is 13.7. The Morgan fingerprint density at radius 1 is 1.08 bits per heavy atom. The number of halogens is 3. The minimum absolute atomic E-state index is 0.0385. The summed E-state index contributed by atoms with van der Waals surface area (Å²) < 4.78 is 36.7. The minimum atomic E-state index is -4.98. The highest BCUT2D eigenvalue weighted by Crippen LogP contribution is 2.19. The summed E-state index contributed by atoms with van der Waals surface area (Å²) in [6.07, 6.45) is -2.33. The van der Waals surface area contributed by atoms with Gasteiger partial charge in [-0.25, -0.2) is 0 Å². The average Bonchev–Trinajstić information content (AvgIpc) is 2.59. The molecule has 0 aliphatic heterocycles. The van der Waals surface area contributed by atoms with E-state index < -0.39 is 12.1 Å². The van der Waals surface area contributed by atoms with E-state index in [1.165, 1.54) is 36.4 Å². The molecule has 0 fully saturated rings. The van der Waals surface area contributed by atoms with Gasteiger partial charge in [-0.05, 0) is 35.9 Å². The Morgan fingerprint density at radius 2 is 1.80 bits per heavy atom. The third-order valence-electron chi connectivity index (χ3n) is 3.11. The molecule has 126 valence electrons. The number of nitrogens with zero attached hydrogens (tertiary/aromatic N) is 1. The topological polar surface area (TPSA) is 70.0 Å². The summed E-state index contributed by atoms with van der Waals surface area (Å²) in [5.74, 6) is -2.43. The van der Waals surface area contributed by atoms with Crippen LogP contribution in [0.5, 0.6) is 0 Å². The van der Waals surface area contributed by atoms with Crippen LogP contribution < -0.4 is 5.32 Å². The van der Waals surface area contributed by atoms with Gasteiger partial charge in [0.1, 0.15) is 0 Å². The van der Waals surface area contributed by atoms with E-state index in [4.69, 9.17) is 5.26 Å². The van der Waals surface area contributed by atoms with Crippen molar-refractivity contribution in [2.24, 2.45) is 0 Å². The molecule has 0 saturated heterocycles. The maximum Gasteiger partial charge on any atom is 0.471 e. The molecule has 0 radical (unpaired) electrons. The van der Waals surface area contributed by atoms with Crippen molar-refractivity contribution in [2.75, 3.05) is 5.32 Å². The maximum absolute atomic E-state index is 12.2. The molecule has 1 N–H and O–H groups in total. The SMILES string of the molecule is N#Cc1cccc(C(=O)/C=C/c2cccc(NC(=O)C(F)(F)F)c2)c1. The molecule has 0 heterocycles. The molecule has 4 nitrogen and oxygen atoms in total. The monoisotopic (exact) mass is 344 g/mol. The number of carbonyl (C=O) groups is 2. The Morgan fingerprint density at radius 3 is 2.48 bits per heavy atom. The van der Waals surface area contributed by atoms with Crippen LogP contribution in [0.15, 0.2) is 54.6 Å². The lowest BCUT2D eigenvalue weighted by Gasteiger charge is -2.08. The highest BCUT2D eigenvalue weighted by atomic mass is 19.4. The zero-order valence-corrected chi connectivity index (χ0v) is 12.7. The third kappa shape index (κ3) is 5.04. The fourth-order valence-corrected chi connectivity index (χ4v) is 1.93. The first-order chi connectivity index (χ1) is 11.8. The zero-order chi connectivity index (χ0) is 18.4. The van der Waals surface area contributed by atoms with Crippen molar-refractivity contribution in [3.63, 3.8) is 0 Å². The molecule has 0 spiro atoms. The fraction of sp³-hybridized carbons (Fsp3) is 0.0556. The van der Waals surface area contributed by atoms with Crippen molar-refractivity contribution < 1.29 is 22.8 Å². The number of benzene rings is 2. The highest BCUT2D eigenvalue weighted by Gasteiger charge is 2.38. The molecule has 7 heteroatoms. The molecule has 0 bridgehead atoms.